The summed E-state index contributed by atoms with van der Waals surface area (Å²) in [6.45, 7) is 9.14. The van der Waals surface area contributed by atoms with Gasteiger partial charge < -0.3 is 10.1 Å². The topological polar surface area (TPSA) is 24.5 Å². The molecular formula is C15H30N2O. The summed E-state index contributed by atoms with van der Waals surface area (Å²) >= 11 is 0. The van der Waals surface area contributed by atoms with Gasteiger partial charge in [0.15, 0.2) is 0 Å². The molecule has 2 fully saturated rings. The number of piperidine rings is 1. The maximum atomic E-state index is 5.28. The highest BCUT2D eigenvalue weighted by atomic mass is 16.5. The predicted molar refractivity (Wildman–Crippen MR) is 75.8 cm³/mol. The van der Waals surface area contributed by atoms with Gasteiger partial charge in [-0.3, -0.25) is 4.90 Å². The third-order valence-corrected chi connectivity index (χ3v) is 4.82. The smallest absolute Gasteiger partial charge is 0.0589 e. The monoisotopic (exact) mass is 254 g/mol. The van der Waals surface area contributed by atoms with Crippen molar-refractivity contribution in [1.29, 1.82) is 0 Å². The van der Waals surface area contributed by atoms with Crippen LogP contribution in [-0.4, -0.2) is 50.3 Å². The van der Waals surface area contributed by atoms with E-state index in [0.29, 0.717) is 6.04 Å². The summed E-state index contributed by atoms with van der Waals surface area (Å²) in [5.74, 6) is 1.76. The number of methoxy groups -OCH3 is 1. The standard InChI is InChI=1S/C15H30N2O/c1-12-5-4-8-16-15(12)11-17(9-10-18-3)13(2)14-6-7-14/h12-16H,4-11H2,1-3H3. The van der Waals surface area contributed by atoms with E-state index < -0.39 is 0 Å². The van der Waals surface area contributed by atoms with E-state index in [9.17, 15) is 0 Å². The van der Waals surface area contributed by atoms with Gasteiger partial charge in [0, 0.05) is 32.3 Å². The summed E-state index contributed by atoms with van der Waals surface area (Å²) in [7, 11) is 1.81. The van der Waals surface area contributed by atoms with E-state index in [4.69, 9.17) is 4.74 Å². The first kappa shape index (κ1) is 14.3. The number of rotatable bonds is 7. The quantitative estimate of drug-likeness (QED) is 0.753. The van der Waals surface area contributed by atoms with Crippen molar-refractivity contribution in [2.24, 2.45) is 11.8 Å². The van der Waals surface area contributed by atoms with Crippen LogP contribution >= 0.6 is 0 Å². The lowest BCUT2D eigenvalue weighted by Gasteiger charge is -2.37. The first-order valence-electron chi connectivity index (χ1n) is 7.68. The van der Waals surface area contributed by atoms with Gasteiger partial charge in [0.1, 0.15) is 0 Å². The Morgan fingerprint density at radius 3 is 2.72 bits per heavy atom. The van der Waals surface area contributed by atoms with Crippen LogP contribution in [0.1, 0.15) is 39.5 Å². The molecule has 2 rings (SSSR count). The zero-order chi connectivity index (χ0) is 13.0. The molecule has 0 radical (unpaired) electrons. The summed E-state index contributed by atoms with van der Waals surface area (Å²) < 4.78 is 5.28. The SMILES string of the molecule is COCCN(CC1NCCCC1C)C(C)C1CC1. The highest BCUT2D eigenvalue weighted by molar-refractivity contribution is 4.89. The molecule has 2 aliphatic rings. The highest BCUT2D eigenvalue weighted by Gasteiger charge is 2.33. The number of hydrogen-bond donors (Lipinski definition) is 1. The van der Waals surface area contributed by atoms with Crippen molar-refractivity contribution in [3.63, 3.8) is 0 Å². The van der Waals surface area contributed by atoms with Crippen molar-refractivity contribution in [1.82, 2.24) is 10.2 Å². The average molecular weight is 254 g/mol. The number of hydrogen-bond acceptors (Lipinski definition) is 3. The lowest BCUT2D eigenvalue weighted by atomic mass is 9.92. The first-order chi connectivity index (χ1) is 8.72. The second-order valence-corrected chi connectivity index (χ2v) is 6.25. The molecule has 1 heterocycles. The van der Waals surface area contributed by atoms with Crippen molar-refractivity contribution in [3.8, 4) is 0 Å². The fraction of sp³-hybridized carbons (Fsp3) is 1.00. The van der Waals surface area contributed by atoms with Crippen LogP contribution in [0.2, 0.25) is 0 Å². The molecule has 18 heavy (non-hydrogen) atoms. The molecule has 1 saturated carbocycles. The molecule has 106 valence electrons. The van der Waals surface area contributed by atoms with Gasteiger partial charge >= 0.3 is 0 Å². The van der Waals surface area contributed by atoms with Crippen LogP contribution in [-0.2, 0) is 4.74 Å². The molecular weight excluding hydrogens is 224 g/mol. The van der Waals surface area contributed by atoms with Gasteiger partial charge in [0.05, 0.1) is 6.61 Å². The van der Waals surface area contributed by atoms with E-state index in [1.807, 2.05) is 0 Å². The average Bonchev–Trinajstić information content (AvgIpc) is 3.20. The van der Waals surface area contributed by atoms with Gasteiger partial charge in [-0.2, -0.15) is 0 Å². The zero-order valence-corrected chi connectivity index (χ0v) is 12.3. The fourth-order valence-electron chi connectivity index (χ4n) is 3.16. The Balaban J connectivity index is 1.86. The molecule has 0 aromatic carbocycles. The van der Waals surface area contributed by atoms with Gasteiger partial charge in [0.2, 0.25) is 0 Å². The second kappa shape index (κ2) is 6.88. The van der Waals surface area contributed by atoms with E-state index >= 15 is 0 Å². The van der Waals surface area contributed by atoms with Crippen LogP contribution in [0, 0.1) is 11.8 Å². The number of nitrogens with zero attached hydrogens (tertiary/aromatic N) is 1. The van der Waals surface area contributed by atoms with Crippen molar-refractivity contribution in [2.75, 3.05) is 33.4 Å². The third-order valence-electron chi connectivity index (χ3n) is 4.82. The van der Waals surface area contributed by atoms with Gasteiger partial charge in [0.25, 0.3) is 0 Å². The van der Waals surface area contributed by atoms with E-state index in [0.717, 1.165) is 31.0 Å². The maximum absolute atomic E-state index is 5.28. The van der Waals surface area contributed by atoms with E-state index in [-0.39, 0.29) is 0 Å². The van der Waals surface area contributed by atoms with Gasteiger partial charge in [-0.25, -0.2) is 0 Å². The summed E-state index contributed by atoms with van der Waals surface area (Å²) in [5.41, 5.74) is 0. The molecule has 0 spiro atoms. The van der Waals surface area contributed by atoms with Gasteiger partial charge in [-0.1, -0.05) is 6.92 Å². The van der Waals surface area contributed by atoms with E-state index in [1.54, 1.807) is 7.11 Å². The molecule has 3 heteroatoms. The summed E-state index contributed by atoms with van der Waals surface area (Å²) in [6, 6.07) is 1.41. The van der Waals surface area contributed by atoms with Crippen molar-refractivity contribution < 1.29 is 4.74 Å². The minimum absolute atomic E-state index is 0.678. The highest BCUT2D eigenvalue weighted by Crippen LogP contribution is 2.35. The molecule has 1 aliphatic carbocycles. The lowest BCUT2D eigenvalue weighted by molar-refractivity contribution is 0.0958. The Kier molecular flexibility index (Phi) is 5.46. The molecule has 0 aromatic rings. The lowest BCUT2D eigenvalue weighted by Crippen LogP contribution is -2.51. The molecule has 3 nitrogen and oxygen atoms in total. The Morgan fingerprint density at radius 2 is 2.11 bits per heavy atom. The van der Waals surface area contributed by atoms with E-state index in [1.165, 1.54) is 38.8 Å². The van der Waals surface area contributed by atoms with Crippen LogP contribution in [0.3, 0.4) is 0 Å². The van der Waals surface area contributed by atoms with Gasteiger partial charge in [-0.05, 0) is 51.0 Å². The first-order valence-corrected chi connectivity index (χ1v) is 7.68. The molecule has 0 aromatic heterocycles. The molecule has 0 bridgehead atoms. The van der Waals surface area contributed by atoms with Gasteiger partial charge in [-0.15, -0.1) is 0 Å². The maximum Gasteiger partial charge on any atom is 0.0589 e. The van der Waals surface area contributed by atoms with Crippen molar-refractivity contribution in [2.45, 2.75) is 51.6 Å². The van der Waals surface area contributed by atoms with Crippen molar-refractivity contribution >= 4 is 0 Å². The molecule has 1 N–H and O–H groups in total. The molecule has 3 unspecified atom stereocenters. The molecule has 0 amide bonds. The Hall–Kier alpha value is -0.120. The number of ether oxygens (including phenoxy) is 1. The largest absolute Gasteiger partial charge is 0.383 e. The van der Waals surface area contributed by atoms with Crippen LogP contribution in [0.4, 0.5) is 0 Å². The summed E-state index contributed by atoms with van der Waals surface area (Å²) in [4.78, 5) is 2.65. The van der Waals surface area contributed by atoms with Crippen LogP contribution < -0.4 is 5.32 Å². The minimum atomic E-state index is 0.678. The third kappa shape index (κ3) is 3.94. The Labute approximate surface area is 112 Å². The molecule has 1 saturated heterocycles. The normalized spacial score (nSPS) is 30.7. The molecule has 1 aliphatic heterocycles. The predicted octanol–water partition coefficient (Wildman–Crippen LogP) is 2.12. The summed E-state index contributed by atoms with van der Waals surface area (Å²) in [5, 5.41) is 3.71. The second-order valence-electron chi connectivity index (χ2n) is 6.25. The van der Waals surface area contributed by atoms with Crippen LogP contribution in [0.25, 0.3) is 0 Å². The van der Waals surface area contributed by atoms with Crippen LogP contribution in [0.5, 0.6) is 0 Å². The Morgan fingerprint density at radius 1 is 1.33 bits per heavy atom. The van der Waals surface area contributed by atoms with Crippen molar-refractivity contribution in [3.05, 3.63) is 0 Å². The fourth-order valence-corrected chi connectivity index (χ4v) is 3.16. The minimum Gasteiger partial charge on any atom is -0.383 e. The Bertz CT molecular complexity index is 243. The van der Waals surface area contributed by atoms with Crippen LogP contribution in [0.15, 0.2) is 0 Å². The number of nitrogens with one attached hydrogen (secondary N) is 1. The van der Waals surface area contributed by atoms with E-state index in [2.05, 4.69) is 24.1 Å². The molecule has 3 atom stereocenters. The summed E-state index contributed by atoms with van der Waals surface area (Å²) in [6.07, 6.45) is 5.58. The zero-order valence-electron chi connectivity index (χ0n) is 12.3.